The molecule has 4 nitrogen and oxygen atoms in total. The number of carboxylic acid groups (broad SMARTS) is 1. The number of hydrogen-bond acceptors (Lipinski definition) is 3. The molecule has 0 aliphatic heterocycles. The van der Waals surface area contributed by atoms with Crippen molar-refractivity contribution in [3.05, 3.63) is 0 Å². The minimum absolute atomic E-state index is 0.125. The molecule has 0 saturated carbocycles. The maximum absolute atomic E-state index is 10.2. The Labute approximate surface area is 60.1 Å². The van der Waals surface area contributed by atoms with Gasteiger partial charge in [-0.25, -0.2) is 0 Å². The topological polar surface area (TPSA) is 63.6 Å². The van der Waals surface area contributed by atoms with E-state index in [0.29, 0.717) is 0 Å². The van der Waals surface area contributed by atoms with E-state index in [4.69, 9.17) is 5.11 Å². The monoisotopic (exact) mass is 146 g/mol. The molecular weight excluding hydrogens is 134 g/mol. The molecule has 0 atom stereocenters. The van der Waals surface area contributed by atoms with Gasteiger partial charge in [0.1, 0.15) is 6.09 Å². The highest BCUT2D eigenvalue weighted by atomic mass is 16.4. The maximum atomic E-state index is 10.2. The molecule has 0 spiro atoms. The normalized spacial score (nSPS) is 10.0. The molecule has 0 aromatic carbocycles. The number of carbonyl (C=O) groups excluding carboxylic acids is 1. The SMILES string of the molecule is CC(C)N(CCO)C(=O)[O-]. The van der Waals surface area contributed by atoms with Crippen LogP contribution in [0.2, 0.25) is 0 Å². The molecule has 0 aromatic rings. The number of hydrogen-bond donors (Lipinski definition) is 1. The lowest BCUT2D eigenvalue weighted by molar-refractivity contribution is -0.267. The lowest BCUT2D eigenvalue weighted by atomic mass is 10.3. The summed E-state index contributed by atoms with van der Waals surface area (Å²) in [5, 5.41) is 18.6. The first-order valence-corrected chi connectivity index (χ1v) is 3.18. The number of aliphatic hydroxyl groups is 1. The lowest BCUT2D eigenvalue weighted by Gasteiger charge is -2.27. The van der Waals surface area contributed by atoms with Crippen molar-refractivity contribution in [2.24, 2.45) is 0 Å². The van der Waals surface area contributed by atoms with E-state index in [2.05, 4.69) is 0 Å². The summed E-state index contributed by atoms with van der Waals surface area (Å²) in [6, 6.07) is -0.128. The summed E-state index contributed by atoms with van der Waals surface area (Å²) < 4.78 is 0. The number of amides is 1. The van der Waals surface area contributed by atoms with E-state index < -0.39 is 6.09 Å². The standard InChI is InChI=1S/C6H13NO3/c1-5(2)7(3-4-8)6(9)10/h5,8H,3-4H2,1-2H3,(H,9,10)/p-1. The van der Waals surface area contributed by atoms with Gasteiger partial charge in [0.25, 0.3) is 0 Å². The number of aliphatic hydroxyl groups excluding tert-OH is 1. The van der Waals surface area contributed by atoms with Crippen LogP contribution in [-0.4, -0.2) is 35.3 Å². The molecule has 0 unspecified atom stereocenters. The summed E-state index contributed by atoms with van der Waals surface area (Å²) in [4.78, 5) is 11.3. The Bertz CT molecular complexity index is 114. The fourth-order valence-electron chi connectivity index (χ4n) is 0.668. The molecule has 1 amide bonds. The minimum atomic E-state index is -1.23. The summed E-state index contributed by atoms with van der Waals surface area (Å²) >= 11 is 0. The van der Waals surface area contributed by atoms with Gasteiger partial charge in [-0.3, -0.25) is 0 Å². The van der Waals surface area contributed by atoms with Gasteiger partial charge in [-0.2, -0.15) is 0 Å². The second-order valence-electron chi connectivity index (χ2n) is 2.28. The lowest BCUT2D eigenvalue weighted by Crippen LogP contribution is -2.46. The van der Waals surface area contributed by atoms with Gasteiger partial charge in [0.2, 0.25) is 0 Å². The smallest absolute Gasteiger partial charge is 0.137 e. The quantitative estimate of drug-likeness (QED) is 0.557. The van der Waals surface area contributed by atoms with Crippen LogP contribution in [0.5, 0.6) is 0 Å². The van der Waals surface area contributed by atoms with Crippen LogP contribution in [0.15, 0.2) is 0 Å². The average Bonchev–Trinajstić information content (AvgIpc) is 1.81. The Morgan fingerprint density at radius 2 is 2.20 bits per heavy atom. The molecule has 1 N–H and O–H groups in total. The van der Waals surface area contributed by atoms with Crippen LogP contribution in [0, 0.1) is 0 Å². The molecule has 0 rings (SSSR count). The highest BCUT2D eigenvalue weighted by Crippen LogP contribution is 1.94. The van der Waals surface area contributed by atoms with E-state index in [9.17, 15) is 9.90 Å². The molecule has 0 aromatic heterocycles. The summed E-state index contributed by atoms with van der Waals surface area (Å²) in [7, 11) is 0. The molecular formula is C6H12NO3-. The van der Waals surface area contributed by atoms with E-state index in [1.807, 2.05) is 0 Å². The predicted molar refractivity (Wildman–Crippen MR) is 34.3 cm³/mol. The first-order valence-electron chi connectivity index (χ1n) is 3.18. The van der Waals surface area contributed by atoms with Crippen molar-refractivity contribution in [1.29, 1.82) is 0 Å². The summed E-state index contributed by atoms with van der Waals surface area (Å²) in [5.74, 6) is 0. The molecule has 4 heteroatoms. The van der Waals surface area contributed by atoms with Crippen molar-refractivity contribution < 1.29 is 15.0 Å². The van der Waals surface area contributed by atoms with Crippen LogP contribution in [0.3, 0.4) is 0 Å². The minimum Gasteiger partial charge on any atom is -0.530 e. The molecule has 10 heavy (non-hydrogen) atoms. The Morgan fingerprint density at radius 1 is 1.70 bits per heavy atom. The van der Waals surface area contributed by atoms with Crippen molar-refractivity contribution in [2.45, 2.75) is 19.9 Å². The van der Waals surface area contributed by atoms with E-state index in [0.717, 1.165) is 4.90 Å². The number of nitrogens with zero attached hydrogens (tertiary/aromatic N) is 1. The molecule has 0 fully saturated rings. The summed E-state index contributed by atoms with van der Waals surface area (Å²) in [5.41, 5.74) is 0. The zero-order valence-electron chi connectivity index (χ0n) is 6.20. The second kappa shape index (κ2) is 4.11. The van der Waals surface area contributed by atoms with Crippen LogP contribution in [0.4, 0.5) is 4.79 Å². The van der Waals surface area contributed by atoms with Crippen molar-refractivity contribution in [2.75, 3.05) is 13.2 Å². The Hall–Kier alpha value is -0.770. The van der Waals surface area contributed by atoms with Crippen molar-refractivity contribution in [3.8, 4) is 0 Å². The molecule has 0 aliphatic carbocycles. The molecule has 0 heterocycles. The van der Waals surface area contributed by atoms with Crippen LogP contribution < -0.4 is 5.11 Å². The van der Waals surface area contributed by atoms with E-state index in [1.165, 1.54) is 0 Å². The highest BCUT2D eigenvalue weighted by Gasteiger charge is 2.06. The fourth-order valence-corrected chi connectivity index (χ4v) is 0.668. The largest absolute Gasteiger partial charge is 0.530 e. The highest BCUT2D eigenvalue weighted by molar-refractivity contribution is 5.62. The van der Waals surface area contributed by atoms with E-state index in [-0.39, 0.29) is 19.2 Å². The van der Waals surface area contributed by atoms with Gasteiger partial charge < -0.3 is 19.9 Å². The zero-order valence-corrected chi connectivity index (χ0v) is 6.20. The molecule has 0 aliphatic rings. The van der Waals surface area contributed by atoms with Gasteiger partial charge in [-0.05, 0) is 13.8 Å². The molecule has 0 radical (unpaired) electrons. The van der Waals surface area contributed by atoms with Crippen LogP contribution in [0.25, 0.3) is 0 Å². The number of rotatable bonds is 3. The van der Waals surface area contributed by atoms with Crippen LogP contribution in [0.1, 0.15) is 13.8 Å². The van der Waals surface area contributed by atoms with Crippen LogP contribution >= 0.6 is 0 Å². The van der Waals surface area contributed by atoms with Crippen molar-refractivity contribution in [1.82, 2.24) is 4.90 Å². The third kappa shape index (κ3) is 2.68. The fraction of sp³-hybridized carbons (Fsp3) is 0.833. The first kappa shape index (κ1) is 9.23. The first-order chi connectivity index (χ1) is 4.59. The Kier molecular flexibility index (Phi) is 3.79. The third-order valence-electron chi connectivity index (χ3n) is 1.20. The molecule has 0 saturated heterocycles. The van der Waals surface area contributed by atoms with Gasteiger partial charge in [0, 0.05) is 12.6 Å². The maximum Gasteiger partial charge on any atom is 0.137 e. The summed E-state index contributed by atoms with van der Waals surface area (Å²) in [6.45, 7) is 3.42. The average molecular weight is 146 g/mol. The second-order valence-corrected chi connectivity index (χ2v) is 2.28. The van der Waals surface area contributed by atoms with Crippen molar-refractivity contribution >= 4 is 6.09 Å². The Morgan fingerprint density at radius 3 is 2.30 bits per heavy atom. The Balaban J connectivity index is 3.85. The summed E-state index contributed by atoms with van der Waals surface area (Å²) in [6.07, 6.45) is -1.23. The van der Waals surface area contributed by atoms with Gasteiger partial charge in [-0.1, -0.05) is 0 Å². The van der Waals surface area contributed by atoms with Gasteiger partial charge in [-0.15, -0.1) is 0 Å². The van der Waals surface area contributed by atoms with Gasteiger partial charge in [0.15, 0.2) is 0 Å². The third-order valence-corrected chi connectivity index (χ3v) is 1.20. The van der Waals surface area contributed by atoms with E-state index in [1.54, 1.807) is 13.8 Å². The van der Waals surface area contributed by atoms with Crippen molar-refractivity contribution in [3.63, 3.8) is 0 Å². The zero-order chi connectivity index (χ0) is 8.15. The predicted octanol–water partition coefficient (Wildman–Crippen LogP) is -0.968. The van der Waals surface area contributed by atoms with Gasteiger partial charge in [0.05, 0.1) is 6.61 Å². The van der Waals surface area contributed by atoms with E-state index >= 15 is 0 Å². The molecule has 0 bridgehead atoms. The van der Waals surface area contributed by atoms with Crippen LogP contribution in [-0.2, 0) is 0 Å². The number of carbonyl (C=O) groups is 1. The molecule has 60 valence electrons. The van der Waals surface area contributed by atoms with Gasteiger partial charge >= 0.3 is 0 Å².